The topological polar surface area (TPSA) is 46.6 Å². The van der Waals surface area contributed by atoms with Crippen molar-refractivity contribution in [3.05, 3.63) is 41.5 Å². The maximum Gasteiger partial charge on any atom is 0.310 e. The Bertz CT molecular complexity index is 575. The molecule has 0 aromatic heterocycles. The van der Waals surface area contributed by atoms with E-state index in [0.717, 1.165) is 18.4 Å². The van der Waals surface area contributed by atoms with Crippen LogP contribution in [0.1, 0.15) is 43.7 Å². The van der Waals surface area contributed by atoms with Gasteiger partial charge in [-0.25, -0.2) is 0 Å². The first-order chi connectivity index (χ1) is 11.0. The normalized spacial score (nSPS) is 18.4. The lowest BCUT2D eigenvalue weighted by Gasteiger charge is -2.30. The summed E-state index contributed by atoms with van der Waals surface area (Å²) in [7, 11) is 1.39. The second-order valence-corrected chi connectivity index (χ2v) is 6.30. The summed E-state index contributed by atoms with van der Waals surface area (Å²) in [6, 6.07) is 8.21. The highest BCUT2D eigenvalue weighted by molar-refractivity contribution is 5.92. The van der Waals surface area contributed by atoms with Crippen molar-refractivity contribution < 1.29 is 14.3 Å². The number of likely N-dealkylation sites (tertiary alicyclic amines) is 1. The van der Waals surface area contributed by atoms with Crippen LogP contribution in [0, 0.1) is 5.92 Å². The van der Waals surface area contributed by atoms with Gasteiger partial charge in [0, 0.05) is 19.2 Å². The summed E-state index contributed by atoms with van der Waals surface area (Å²) < 4.78 is 4.78. The minimum absolute atomic E-state index is 0.0495. The van der Waals surface area contributed by atoms with Gasteiger partial charge in [-0.3, -0.25) is 9.59 Å². The Morgan fingerprint density at radius 2 is 1.96 bits per heavy atom. The van der Waals surface area contributed by atoms with Crippen LogP contribution in [-0.2, 0) is 14.3 Å². The Hall–Kier alpha value is -2.10. The predicted molar refractivity (Wildman–Crippen MR) is 90.9 cm³/mol. The van der Waals surface area contributed by atoms with E-state index in [-0.39, 0.29) is 17.8 Å². The van der Waals surface area contributed by atoms with Crippen molar-refractivity contribution in [2.24, 2.45) is 5.92 Å². The van der Waals surface area contributed by atoms with Gasteiger partial charge in [0.1, 0.15) is 0 Å². The average molecular weight is 315 g/mol. The molecular weight excluding hydrogens is 290 g/mol. The van der Waals surface area contributed by atoms with Crippen molar-refractivity contribution in [3.8, 4) is 0 Å². The van der Waals surface area contributed by atoms with E-state index in [1.807, 2.05) is 18.2 Å². The molecule has 1 aromatic carbocycles. The van der Waals surface area contributed by atoms with E-state index in [1.54, 1.807) is 11.0 Å². The molecule has 2 rings (SSSR count). The molecule has 4 nitrogen and oxygen atoms in total. The molecule has 1 atom stereocenters. The summed E-state index contributed by atoms with van der Waals surface area (Å²) in [4.78, 5) is 25.6. The van der Waals surface area contributed by atoms with Crippen LogP contribution in [0.5, 0.6) is 0 Å². The molecule has 1 aliphatic rings. The Balaban J connectivity index is 1.96. The smallest absolute Gasteiger partial charge is 0.310 e. The standard InChI is InChI=1S/C19H25NO3/c1-14(2)16-9-6-15(7-10-16)8-11-18(21)20-12-4-5-17(13-20)19(22)23-3/h6-11,14,17H,4-5,12-13H2,1-3H3/b11-8+. The summed E-state index contributed by atoms with van der Waals surface area (Å²) in [6.07, 6.45) is 5.04. The molecule has 23 heavy (non-hydrogen) atoms. The fourth-order valence-electron chi connectivity index (χ4n) is 2.80. The maximum absolute atomic E-state index is 12.3. The van der Waals surface area contributed by atoms with Crippen LogP contribution in [0.15, 0.2) is 30.3 Å². The van der Waals surface area contributed by atoms with Crippen LogP contribution in [0.3, 0.4) is 0 Å². The van der Waals surface area contributed by atoms with Crippen LogP contribution in [0.4, 0.5) is 0 Å². The molecule has 1 aromatic rings. The molecule has 1 heterocycles. The number of methoxy groups -OCH3 is 1. The molecule has 124 valence electrons. The van der Waals surface area contributed by atoms with Gasteiger partial charge in [0.15, 0.2) is 0 Å². The van der Waals surface area contributed by atoms with Gasteiger partial charge >= 0.3 is 5.97 Å². The van der Waals surface area contributed by atoms with Crippen molar-refractivity contribution in [1.29, 1.82) is 0 Å². The molecular formula is C19H25NO3. The largest absolute Gasteiger partial charge is 0.469 e. The highest BCUT2D eigenvalue weighted by Crippen LogP contribution is 2.19. The zero-order valence-electron chi connectivity index (χ0n) is 14.1. The monoisotopic (exact) mass is 315 g/mol. The number of rotatable bonds is 4. The molecule has 0 spiro atoms. The molecule has 1 aliphatic heterocycles. The summed E-state index contributed by atoms with van der Waals surface area (Å²) in [6.45, 7) is 5.45. The first-order valence-corrected chi connectivity index (χ1v) is 8.16. The van der Waals surface area contributed by atoms with Gasteiger partial charge in [-0.05, 0) is 36.0 Å². The SMILES string of the molecule is COC(=O)C1CCCN(C(=O)/C=C/c2ccc(C(C)C)cc2)C1. The Morgan fingerprint density at radius 3 is 2.57 bits per heavy atom. The number of amides is 1. The lowest BCUT2D eigenvalue weighted by atomic mass is 9.98. The Labute approximate surface area is 138 Å². The third-order valence-corrected chi connectivity index (χ3v) is 4.29. The van der Waals surface area contributed by atoms with Crippen LogP contribution >= 0.6 is 0 Å². The number of nitrogens with zero attached hydrogens (tertiary/aromatic N) is 1. The van der Waals surface area contributed by atoms with Gasteiger partial charge in [0.2, 0.25) is 5.91 Å². The van der Waals surface area contributed by atoms with Gasteiger partial charge < -0.3 is 9.64 Å². The summed E-state index contributed by atoms with van der Waals surface area (Å²) in [5.41, 5.74) is 2.29. The minimum atomic E-state index is -0.226. The van der Waals surface area contributed by atoms with E-state index >= 15 is 0 Å². The number of carbonyl (C=O) groups excluding carboxylic acids is 2. The molecule has 0 bridgehead atoms. The highest BCUT2D eigenvalue weighted by Gasteiger charge is 2.28. The third kappa shape index (κ3) is 4.68. The summed E-state index contributed by atoms with van der Waals surface area (Å²) in [5, 5.41) is 0. The second-order valence-electron chi connectivity index (χ2n) is 6.30. The van der Waals surface area contributed by atoms with Gasteiger partial charge in [-0.15, -0.1) is 0 Å². The van der Waals surface area contributed by atoms with Gasteiger partial charge in [0.05, 0.1) is 13.0 Å². The summed E-state index contributed by atoms with van der Waals surface area (Å²) >= 11 is 0. The number of hydrogen-bond donors (Lipinski definition) is 0. The number of ether oxygens (including phenoxy) is 1. The van der Waals surface area contributed by atoms with Gasteiger partial charge in [-0.2, -0.15) is 0 Å². The zero-order valence-corrected chi connectivity index (χ0v) is 14.1. The molecule has 0 aliphatic carbocycles. The number of benzene rings is 1. The molecule has 1 fully saturated rings. The van der Waals surface area contributed by atoms with Crippen LogP contribution in [0.2, 0.25) is 0 Å². The Morgan fingerprint density at radius 1 is 1.26 bits per heavy atom. The molecule has 0 radical (unpaired) electrons. The molecule has 1 amide bonds. The lowest BCUT2D eigenvalue weighted by molar-refractivity contribution is -0.148. The molecule has 0 saturated carbocycles. The first-order valence-electron chi connectivity index (χ1n) is 8.16. The quantitative estimate of drug-likeness (QED) is 0.633. The van der Waals surface area contributed by atoms with E-state index in [4.69, 9.17) is 4.74 Å². The third-order valence-electron chi connectivity index (χ3n) is 4.29. The zero-order chi connectivity index (χ0) is 16.8. The number of carbonyl (C=O) groups is 2. The highest BCUT2D eigenvalue weighted by atomic mass is 16.5. The van der Waals surface area contributed by atoms with Gasteiger partial charge in [-0.1, -0.05) is 38.1 Å². The van der Waals surface area contributed by atoms with Crippen LogP contribution < -0.4 is 0 Å². The van der Waals surface area contributed by atoms with Crippen molar-refractivity contribution in [2.45, 2.75) is 32.6 Å². The van der Waals surface area contributed by atoms with Crippen molar-refractivity contribution in [3.63, 3.8) is 0 Å². The number of piperidine rings is 1. The second kappa shape index (κ2) is 7.95. The van der Waals surface area contributed by atoms with Crippen LogP contribution in [-0.4, -0.2) is 37.0 Å². The van der Waals surface area contributed by atoms with E-state index in [9.17, 15) is 9.59 Å². The number of hydrogen-bond acceptors (Lipinski definition) is 3. The molecule has 1 unspecified atom stereocenters. The molecule has 0 N–H and O–H groups in total. The van der Waals surface area contributed by atoms with E-state index in [2.05, 4.69) is 26.0 Å². The average Bonchev–Trinajstić information content (AvgIpc) is 2.59. The fourth-order valence-corrected chi connectivity index (χ4v) is 2.80. The molecule has 4 heteroatoms. The van der Waals surface area contributed by atoms with Crippen molar-refractivity contribution >= 4 is 18.0 Å². The number of esters is 1. The minimum Gasteiger partial charge on any atom is -0.469 e. The van der Waals surface area contributed by atoms with E-state index in [1.165, 1.54) is 12.7 Å². The van der Waals surface area contributed by atoms with Crippen molar-refractivity contribution in [1.82, 2.24) is 4.90 Å². The Kier molecular flexibility index (Phi) is 5.97. The first kappa shape index (κ1) is 17.3. The summed E-state index contributed by atoms with van der Waals surface area (Å²) in [5.74, 6) is 0.0250. The van der Waals surface area contributed by atoms with Crippen molar-refractivity contribution in [2.75, 3.05) is 20.2 Å². The van der Waals surface area contributed by atoms with Gasteiger partial charge in [0.25, 0.3) is 0 Å². The predicted octanol–water partition coefficient (Wildman–Crippen LogP) is 3.23. The van der Waals surface area contributed by atoms with E-state index in [0.29, 0.717) is 19.0 Å². The fraction of sp³-hybridized carbons (Fsp3) is 0.474. The maximum atomic E-state index is 12.3. The molecule has 1 saturated heterocycles. The van der Waals surface area contributed by atoms with Crippen LogP contribution in [0.25, 0.3) is 6.08 Å². The lowest BCUT2D eigenvalue weighted by Crippen LogP contribution is -2.41. The van der Waals surface area contributed by atoms with E-state index < -0.39 is 0 Å².